The summed E-state index contributed by atoms with van der Waals surface area (Å²) in [4.78, 5) is 12.3. The Hall–Kier alpha value is -2.04. The molecule has 2 atom stereocenters. The molecular formula is C19H22ClNO3. The van der Waals surface area contributed by atoms with Crippen molar-refractivity contribution < 1.29 is 14.3 Å². The number of benzene rings is 2. The van der Waals surface area contributed by atoms with Crippen molar-refractivity contribution in [3.63, 3.8) is 0 Å². The van der Waals surface area contributed by atoms with Crippen LogP contribution in [0.15, 0.2) is 54.6 Å². The molecule has 5 heteroatoms. The maximum atomic E-state index is 12.3. The minimum absolute atomic E-state index is 0.204. The van der Waals surface area contributed by atoms with Crippen molar-refractivity contribution >= 4 is 17.5 Å². The Morgan fingerprint density at radius 1 is 1.21 bits per heavy atom. The highest BCUT2D eigenvalue weighted by molar-refractivity contribution is 6.30. The number of halogens is 1. The monoisotopic (exact) mass is 347 g/mol. The number of methoxy groups -OCH3 is 1. The SMILES string of the molecule is CO[C@@](C)(CNC(=O)[C@H](C)Oc1ccccc1)c1cccc(Cl)c1. The van der Waals surface area contributed by atoms with Crippen LogP contribution >= 0.6 is 11.6 Å². The van der Waals surface area contributed by atoms with Crippen LogP contribution in [-0.2, 0) is 15.1 Å². The van der Waals surface area contributed by atoms with Gasteiger partial charge in [0, 0.05) is 12.1 Å². The van der Waals surface area contributed by atoms with Gasteiger partial charge in [0.1, 0.15) is 11.4 Å². The van der Waals surface area contributed by atoms with E-state index in [9.17, 15) is 4.79 Å². The fraction of sp³-hybridized carbons (Fsp3) is 0.316. The molecule has 0 saturated heterocycles. The van der Waals surface area contributed by atoms with Crippen molar-refractivity contribution in [2.24, 2.45) is 0 Å². The third-order valence-corrected chi connectivity index (χ3v) is 4.15. The van der Waals surface area contributed by atoms with Crippen molar-refractivity contribution in [2.45, 2.75) is 25.6 Å². The number of hydrogen-bond acceptors (Lipinski definition) is 3. The third kappa shape index (κ3) is 4.73. The molecule has 0 aliphatic carbocycles. The highest BCUT2D eigenvalue weighted by atomic mass is 35.5. The molecule has 128 valence electrons. The molecule has 24 heavy (non-hydrogen) atoms. The van der Waals surface area contributed by atoms with E-state index in [-0.39, 0.29) is 5.91 Å². The normalized spacial score (nSPS) is 14.5. The van der Waals surface area contributed by atoms with Crippen LogP contribution in [0.4, 0.5) is 0 Å². The first-order valence-electron chi connectivity index (χ1n) is 7.75. The highest BCUT2D eigenvalue weighted by Gasteiger charge is 2.28. The van der Waals surface area contributed by atoms with E-state index in [2.05, 4.69) is 5.32 Å². The van der Waals surface area contributed by atoms with Crippen LogP contribution in [0.1, 0.15) is 19.4 Å². The fourth-order valence-electron chi connectivity index (χ4n) is 2.27. The topological polar surface area (TPSA) is 47.6 Å². The molecule has 0 heterocycles. The van der Waals surface area contributed by atoms with E-state index in [0.29, 0.717) is 17.3 Å². The lowest BCUT2D eigenvalue weighted by molar-refractivity contribution is -0.128. The number of amides is 1. The van der Waals surface area contributed by atoms with Gasteiger partial charge >= 0.3 is 0 Å². The zero-order valence-corrected chi connectivity index (χ0v) is 14.8. The van der Waals surface area contributed by atoms with Gasteiger partial charge in [-0.2, -0.15) is 0 Å². The lowest BCUT2D eigenvalue weighted by atomic mass is 9.95. The minimum atomic E-state index is -0.674. The maximum Gasteiger partial charge on any atom is 0.260 e. The van der Waals surface area contributed by atoms with Gasteiger partial charge in [0.2, 0.25) is 0 Å². The number of carbonyl (C=O) groups is 1. The van der Waals surface area contributed by atoms with E-state index < -0.39 is 11.7 Å². The second kappa shape index (κ2) is 8.18. The van der Waals surface area contributed by atoms with Crippen LogP contribution in [0.5, 0.6) is 5.75 Å². The Labute approximate surface area is 147 Å². The molecule has 0 radical (unpaired) electrons. The summed E-state index contributed by atoms with van der Waals surface area (Å²) < 4.78 is 11.2. The summed E-state index contributed by atoms with van der Waals surface area (Å²) in [6.07, 6.45) is -0.604. The van der Waals surface area contributed by atoms with Gasteiger partial charge in [0.05, 0.1) is 6.54 Å². The lowest BCUT2D eigenvalue weighted by Crippen LogP contribution is -2.44. The number of rotatable bonds is 7. The summed E-state index contributed by atoms with van der Waals surface area (Å²) in [6.45, 7) is 3.93. The molecule has 0 unspecified atom stereocenters. The van der Waals surface area contributed by atoms with Gasteiger partial charge in [0.15, 0.2) is 6.10 Å². The van der Waals surface area contributed by atoms with Crippen molar-refractivity contribution in [2.75, 3.05) is 13.7 Å². The molecule has 1 amide bonds. The van der Waals surface area contributed by atoms with Crippen LogP contribution in [0, 0.1) is 0 Å². The van der Waals surface area contributed by atoms with Gasteiger partial charge in [-0.05, 0) is 43.7 Å². The Kier molecular flexibility index (Phi) is 6.23. The van der Waals surface area contributed by atoms with Gasteiger partial charge < -0.3 is 14.8 Å². The Balaban J connectivity index is 1.98. The standard InChI is InChI=1S/C19H22ClNO3/c1-14(24-17-10-5-4-6-11-17)18(22)21-13-19(2,23-3)15-8-7-9-16(20)12-15/h4-12,14H,13H2,1-3H3,(H,21,22)/t14-,19-/m0/s1. The molecule has 2 aromatic carbocycles. The lowest BCUT2D eigenvalue weighted by Gasteiger charge is -2.29. The molecule has 0 bridgehead atoms. The molecule has 0 fully saturated rings. The summed E-state index contributed by atoms with van der Waals surface area (Å²) in [6, 6.07) is 16.7. The summed E-state index contributed by atoms with van der Waals surface area (Å²) >= 11 is 6.05. The second-order valence-corrected chi connectivity index (χ2v) is 6.17. The maximum absolute atomic E-state index is 12.3. The largest absolute Gasteiger partial charge is 0.481 e. The smallest absolute Gasteiger partial charge is 0.260 e. The number of hydrogen-bond donors (Lipinski definition) is 1. The van der Waals surface area contributed by atoms with Gasteiger partial charge in [-0.1, -0.05) is 41.9 Å². The molecule has 0 aromatic heterocycles. The Bertz CT molecular complexity index is 677. The summed E-state index contributed by atoms with van der Waals surface area (Å²) in [5.41, 5.74) is 0.224. The van der Waals surface area contributed by atoms with E-state index >= 15 is 0 Å². The first-order valence-corrected chi connectivity index (χ1v) is 8.13. The van der Waals surface area contributed by atoms with E-state index in [1.54, 1.807) is 20.1 Å². The van der Waals surface area contributed by atoms with Crippen molar-refractivity contribution in [3.05, 3.63) is 65.2 Å². The van der Waals surface area contributed by atoms with E-state index in [1.165, 1.54) is 0 Å². The molecule has 1 N–H and O–H groups in total. The van der Waals surface area contributed by atoms with Crippen LogP contribution in [-0.4, -0.2) is 25.7 Å². The molecule has 0 saturated carbocycles. The zero-order chi connectivity index (χ0) is 17.6. The van der Waals surface area contributed by atoms with E-state index in [0.717, 1.165) is 5.56 Å². The fourth-order valence-corrected chi connectivity index (χ4v) is 2.46. The molecular weight excluding hydrogens is 326 g/mol. The van der Waals surface area contributed by atoms with Crippen LogP contribution in [0.2, 0.25) is 5.02 Å². The van der Waals surface area contributed by atoms with Crippen LogP contribution in [0.3, 0.4) is 0 Å². The molecule has 4 nitrogen and oxygen atoms in total. The highest BCUT2D eigenvalue weighted by Crippen LogP contribution is 2.26. The Morgan fingerprint density at radius 3 is 2.54 bits per heavy atom. The summed E-state index contributed by atoms with van der Waals surface area (Å²) in [5.74, 6) is 0.452. The first-order chi connectivity index (χ1) is 11.4. The zero-order valence-electron chi connectivity index (χ0n) is 14.1. The second-order valence-electron chi connectivity index (χ2n) is 5.74. The van der Waals surface area contributed by atoms with Crippen molar-refractivity contribution in [1.29, 1.82) is 0 Å². The predicted octanol–water partition coefficient (Wildman–Crippen LogP) is 3.79. The average Bonchev–Trinajstić information content (AvgIpc) is 2.60. The molecule has 2 aromatic rings. The van der Waals surface area contributed by atoms with E-state index in [4.69, 9.17) is 21.1 Å². The van der Waals surface area contributed by atoms with Crippen LogP contribution in [0.25, 0.3) is 0 Å². The van der Waals surface area contributed by atoms with Crippen molar-refractivity contribution in [1.82, 2.24) is 5.32 Å². The molecule has 2 rings (SSSR count). The van der Waals surface area contributed by atoms with Gasteiger partial charge in [-0.3, -0.25) is 4.79 Å². The van der Waals surface area contributed by atoms with Crippen LogP contribution < -0.4 is 10.1 Å². The summed E-state index contributed by atoms with van der Waals surface area (Å²) in [7, 11) is 1.61. The van der Waals surface area contributed by atoms with Gasteiger partial charge in [0.25, 0.3) is 5.91 Å². The quantitative estimate of drug-likeness (QED) is 0.829. The number of para-hydroxylation sites is 1. The third-order valence-electron chi connectivity index (χ3n) is 3.91. The Morgan fingerprint density at radius 2 is 1.92 bits per heavy atom. The molecule has 0 aliphatic rings. The molecule has 0 spiro atoms. The predicted molar refractivity (Wildman–Crippen MR) is 95.4 cm³/mol. The van der Waals surface area contributed by atoms with Gasteiger partial charge in [-0.15, -0.1) is 0 Å². The van der Waals surface area contributed by atoms with Crippen molar-refractivity contribution in [3.8, 4) is 5.75 Å². The average molecular weight is 348 g/mol. The first kappa shape index (κ1) is 18.3. The number of nitrogens with one attached hydrogen (secondary N) is 1. The minimum Gasteiger partial charge on any atom is -0.481 e. The number of ether oxygens (including phenoxy) is 2. The number of carbonyl (C=O) groups excluding carboxylic acids is 1. The van der Waals surface area contributed by atoms with E-state index in [1.807, 2.05) is 55.5 Å². The summed E-state index contributed by atoms with van der Waals surface area (Å²) in [5, 5.41) is 3.51. The molecule has 0 aliphatic heterocycles. The van der Waals surface area contributed by atoms with Gasteiger partial charge in [-0.25, -0.2) is 0 Å².